The largest absolute Gasteiger partial charge is 0.396 e. The van der Waals surface area contributed by atoms with Crippen LogP contribution in [0.4, 0.5) is 0 Å². The smallest absolute Gasteiger partial charge is 0.0774 e. The maximum Gasteiger partial charge on any atom is 0.0774 e. The van der Waals surface area contributed by atoms with Gasteiger partial charge in [-0.2, -0.15) is 0 Å². The van der Waals surface area contributed by atoms with Gasteiger partial charge in [0.2, 0.25) is 0 Å². The first-order valence-corrected chi connectivity index (χ1v) is 5.71. The summed E-state index contributed by atoms with van der Waals surface area (Å²) in [5.74, 6) is 0.436. The SMILES string of the molecule is CC1(O)CCCC1N1CCC(CO)C1. The third kappa shape index (κ3) is 1.81. The van der Waals surface area contributed by atoms with Crippen LogP contribution in [0.3, 0.4) is 0 Å². The Morgan fingerprint density at radius 3 is 2.71 bits per heavy atom. The number of hydrogen-bond donors (Lipinski definition) is 2. The second-order valence-electron chi connectivity index (χ2n) is 5.10. The molecule has 2 aliphatic rings. The van der Waals surface area contributed by atoms with Crippen LogP contribution in [0.25, 0.3) is 0 Å². The predicted octanol–water partition coefficient (Wildman–Crippen LogP) is 0.604. The minimum Gasteiger partial charge on any atom is -0.396 e. The summed E-state index contributed by atoms with van der Waals surface area (Å²) >= 11 is 0. The van der Waals surface area contributed by atoms with E-state index in [0.717, 1.165) is 38.8 Å². The maximum absolute atomic E-state index is 10.2. The molecule has 0 aromatic rings. The summed E-state index contributed by atoms with van der Waals surface area (Å²) in [6, 6.07) is 0.332. The molecule has 14 heavy (non-hydrogen) atoms. The number of likely N-dealkylation sites (tertiary alicyclic amines) is 1. The molecular weight excluding hydrogens is 178 g/mol. The van der Waals surface area contributed by atoms with Gasteiger partial charge in [0.25, 0.3) is 0 Å². The van der Waals surface area contributed by atoms with E-state index in [2.05, 4.69) is 4.90 Å². The number of hydrogen-bond acceptors (Lipinski definition) is 3. The first-order chi connectivity index (χ1) is 6.63. The van der Waals surface area contributed by atoms with Crippen LogP contribution in [0.15, 0.2) is 0 Å². The fourth-order valence-corrected chi connectivity index (χ4v) is 3.00. The van der Waals surface area contributed by atoms with Gasteiger partial charge in [-0.05, 0) is 45.1 Å². The molecule has 1 heterocycles. The Labute approximate surface area is 85.7 Å². The lowest BCUT2D eigenvalue weighted by molar-refractivity contribution is -0.00686. The second kappa shape index (κ2) is 3.80. The van der Waals surface area contributed by atoms with Crippen LogP contribution in [-0.4, -0.2) is 46.5 Å². The Morgan fingerprint density at radius 2 is 2.21 bits per heavy atom. The van der Waals surface area contributed by atoms with Crippen molar-refractivity contribution in [2.75, 3.05) is 19.7 Å². The molecule has 1 saturated heterocycles. The summed E-state index contributed by atoms with van der Waals surface area (Å²) in [6.07, 6.45) is 4.27. The molecule has 1 aliphatic heterocycles. The van der Waals surface area contributed by atoms with Crippen molar-refractivity contribution in [3.05, 3.63) is 0 Å². The molecule has 0 radical (unpaired) electrons. The third-order valence-corrected chi connectivity index (χ3v) is 3.89. The van der Waals surface area contributed by atoms with E-state index in [1.54, 1.807) is 0 Å². The first-order valence-electron chi connectivity index (χ1n) is 5.71. The third-order valence-electron chi connectivity index (χ3n) is 3.89. The van der Waals surface area contributed by atoms with Crippen LogP contribution in [0.1, 0.15) is 32.6 Å². The Kier molecular flexibility index (Phi) is 2.82. The zero-order valence-electron chi connectivity index (χ0n) is 8.95. The number of aliphatic hydroxyl groups is 2. The number of rotatable bonds is 2. The van der Waals surface area contributed by atoms with Gasteiger partial charge in [-0.1, -0.05) is 0 Å². The molecule has 3 unspecified atom stereocenters. The second-order valence-corrected chi connectivity index (χ2v) is 5.10. The fourth-order valence-electron chi connectivity index (χ4n) is 3.00. The summed E-state index contributed by atoms with van der Waals surface area (Å²) in [5, 5.41) is 19.2. The van der Waals surface area contributed by atoms with Crippen LogP contribution in [0, 0.1) is 5.92 Å². The highest BCUT2D eigenvalue weighted by atomic mass is 16.3. The number of aliphatic hydroxyl groups excluding tert-OH is 1. The van der Waals surface area contributed by atoms with Crippen molar-refractivity contribution < 1.29 is 10.2 Å². The molecule has 2 N–H and O–H groups in total. The lowest BCUT2D eigenvalue weighted by Gasteiger charge is -2.33. The topological polar surface area (TPSA) is 43.7 Å². The molecule has 3 nitrogen and oxygen atoms in total. The van der Waals surface area contributed by atoms with E-state index in [1.165, 1.54) is 0 Å². The average molecular weight is 199 g/mol. The molecule has 3 heteroatoms. The van der Waals surface area contributed by atoms with Crippen LogP contribution in [-0.2, 0) is 0 Å². The highest BCUT2D eigenvalue weighted by Crippen LogP contribution is 2.35. The Bertz CT molecular complexity index is 205. The van der Waals surface area contributed by atoms with Crippen molar-refractivity contribution >= 4 is 0 Å². The molecule has 82 valence electrons. The van der Waals surface area contributed by atoms with Crippen molar-refractivity contribution in [3.63, 3.8) is 0 Å². The summed E-state index contributed by atoms with van der Waals surface area (Å²) in [6.45, 7) is 4.27. The lowest BCUT2D eigenvalue weighted by atomic mass is 9.99. The highest BCUT2D eigenvalue weighted by molar-refractivity contribution is 4.97. The van der Waals surface area contributed by atoms with Crippen molar-refractivity contribution in [1.82, 2.24) is 4.90 Å². The van der Waals surface area contributed by atoms with E-state index in [1.807, 2.05) is 6.92 Å². The molecule has 1 aliphatic carbocycles. The molecule has 0 bridgehead atoms. The van der Waals surface area contributed by atoms with Gasteiger partial charge in [-0.15, -0.1) is 0 Å². The fraction of sp³-hybridized carbons (Fsp3) is 1.00. The summed E-state index contributed by atoms with van der Waals surface area (Å²) < 4.78 is 0. The Morgan fingerprint density at radius 1 is 1.43 bits per heavy atom. The normalized spacial score (nSPS) is 44.8. The van der Waals surface area contributed by atoms with E-state index in [-0.39, 0.29) is 0 Å². The molecule has 0 aromatic heterocycles. The minimum atomic E-state index is -0.496. The van der Waals surface area contributed by atoms with Crippen LogP contribution < -0.4 is 0 Å². The lowest BCUT2D eigenvalue weighted by Crippen LogP contribution is -2.46. The van der Waals surface area contributed by atoms with Crippen molar-refractivity contribution in [2.45, 2.75) is 44.2 Å². The van der Waals surface area contributed by atoms with Gasteiger partial charge in [0.1, 0.15) is 0 Å². The Balaban J connectivity index is 1.96. The van der Waals surface area contributed by atoms with Crippen molar-refractivity contribution in [2.24, 2.45) is 5.92 Å². The molecule has 0 spiro atoms. The van der Waals surface area contributed by atoms with E-state index >= 15 is 0 Å². The van der Waals surface area contributed by atoms with E-state index in [4.69, 9.17) is 5.11 Å². The van der Waals surface area contributed by atoms with E-state index < -0.39 is 5.60 Å². The standard InChI is InChI=1S/C11H21NO2/c1-11(14)5-2-3-10(11)12-6-4-9(7-12)8-13/h9-10,13-14H,2-8H2,1H3. The molecule has 2 rings (SSSR count). The van der Waals surface area contributed by atoms with Gasteiger partial charge in [-0.25, -0.2) is 0 Å². The maximum atomic E-state index is 10.2. The molecule has 3 atom stereocenters. The molecule has 2 fully saturated rings. The summed E-state index contributed by atoms with van der Waals surface area (Å²) in [4.78, 5) is 2.37. The van der Waals surface area contributed by atoms with Crippen LogP contribution >= 0.6 is 0 Å². The van der Waals surface area contributed by atoms with Gasteiger partial charge in [0.15, 0.2) is 0 Å². The van der Waals surface area contributed by atoms with Gasteiger partial charge < -0.3 is 10.2 Å². The molecular formula is C11H21NO2. The first kappa shape index (κ1) is 10.4. The highest BCUT2D eigenvalue weighted by Gasteiger charge is 2.42. The summed E-state index contributed by atoms with van der Waals surface area (Å²) in [5.41, 5.74) is -0.496. The van der Waals surface area contributed by atoms with Gasteiger partial charge in [-0.3, -0.25) is 4.90 Å². The predicted molar refractivity (Wildman–Crippen MR) is 55.0 cm³/mol. The van der Waals surface area contributed by atoms with Crippen molar-refractivity contribution in [1.29, 1.82) is 0 Å². The Hall–Kier alpha value is -0.120. The molecule has 0 aromatic carbocycles. The average Bonchev–Trinajstić information content (AvgIpc) is 2.70. The molecule has 0 amide bonds. The zero-order valence-corrected chi connectivity index (χ0v) is 8.95. The van der Waals surface area contributed by atoms with E-state index in [9.17, 15) is 5.11 Å². The van der Waals surface area contributed by atoms with Gasteiger partial charge in [0, 0.05) is 19.2 Å². The van der Waals surface area contributed by atoms with Crippen LogP contribution in [0.2, 0.25) is 0 Å². The monoisotopic (exact) mass is 199 g/mol. The van der Waals surface area contributed by atoms with Gasteiger partial charge in [0.05, 0.1) is 5.60 Å². The number of nitrogens with zero attached hydrogens (tertiary/aromatic N) is 1. The molecule has 1 saturated carbocycles. The van der Waals surface area contributed by atoms with E-state index in [0.29, 0.717) is 18.6 Å². The minimum absolute atomic E-state index is 0.297. The van der Waals surface area contributed by atoms with Gasteiger partial charge >= 0.3 is 0 Å². The quantitative estimate of drug-likeness (QED) is 0.684. The summed E-state index contributed by atoms with van der Waals surface area (Å²) in [7, 11) is 0. The van der Waals surface area contributed by atoms with Crippen molar-refractivity contribution in [3.8, 4) is 0 Å². The van der Waals surface area contributed by atoms with Crippen LogP contribution in [0.5, 0.6) is 0 Å². The zero-order chi connectivity index (χ0) is 10.2.